The van der Waals surface area contributed by atoms with E-state index < -0.39 is 0 Å². The minimum atomic E-state index is 0.138. The Morgan fingerprint density at radius 1 is 1.33 bits per heavy atom. The van der Waals surface area contributed by atoms with Gasteiger partial charge in [0.2, 0.25) is 0 Å². The van der Waals surface area contributed by atoms with E-state index in [1.165, 1.54) is 15.4 Å². The Hall–Kier alpha value is -1.39. The number of benzene rings is 1. The lowest BCUT2D eigenvalue weighted by atomic mass is 9.98. The molecule has 0 fully saturated rings. The zero-order valence-corrected chi connectivity index (χ0v) is 13.7. The molecule has 0 spiro atoms. The number of thiazole rings is 1. The molecule has 1 unspecified atom stereocenters. The zero-order chi connectivity index (χ0) is 14.9. The van der Waals surface area contributed by atoms with Gasteiger partial charge in [0.05, 0.1) is 5.01 Å². The number of hydrogen-bond acceptors (Lipinski definition) is 4. The lowest BCUT2D eigenvalue weighted by Crippen LogP contribution is -2.29. The van der Waals surface area contributed by atoms with Gasteiger partial charge in [-0.25, -0.2) is 4.98 Å². The molecular formula is C17H22N2OS. The van der Waals surface area contributed by atoms with Gasteiger partial charge in [0.25, 0.3) is 0 Å². The summed E-state index contributed by atoms with van der Waals surface area (Å²) in [5, 5.41) is 4.69. The predicted octanol–water partition coefficient (Wildman–Crippen LogP) is 3.53. The largest absolute Gasteiger partial charge is 0.488 e. The van der Waals surface area contributed by atoms with Crippen molar-refractivity contribution in [3.05, 3.63) is 45.9 Å². The molecule has 1 aromatic carbocycles. The average molecular weight is 302 g/mol. The fraction of sp³-hybridized carbons (Fsp3) is 0.471. The molecule has 4 heteroatoms. The van der Waals surface area contributed by atoms with E-state index in [-0.39, 0.29) is 11.5 Å². The molecule has 1 atom stereocenters. The van der Waals surface area contributed by atoms with Gasteiger partial charge in [0.1, 0.15) is 11.9 Å². The summed E-state index contributed by atoms with van der Waals surface area (Å²) in [6.45, 7) is 8.34. The van der Waals surface area contributed by atoms with E-state index in [1.807, 2.05) is 18.3 Å². The minimum Gasteiger partial charge on any atom is -0.488 e. The van der Waals surface area contributed by atoms with Crippen LogP contribution in [0.1, 0.15) is 36.2 Å². The first-order valence-electron chi connectivity index (χ1n) is 7.43. The fourth-order valence-electron chi connectivity index (χ4n) is 2.46. The number of para-hydroxylation sites is 1. The summed E-state index contributed by atoms with van der Waals surface area (Å²) in [6, 6.07) is 8.30. The number of ether oxygens (including phenoxy) is 1. The summed E-state index contributed by atoms with van der Waals surface area (Å²) in [5.74, 6) is 1.04. The maximum Gasteiger partial charge on any atom is 0.123 e. The van der Waals surface area contributed by atoms with Gasteiger partial charge in [-0.1, -0.05) is 39.0 Å². The van der Waals surface area contributed by atoms with Gasteiger partial charge in [0, 0.05) is 36.0 Å². The van der Waals surface area contributed by atoms with Crippen LogP contribution in [0.25, 0.3) is 0 Å². The molecule has 0 bridgehead atoms. The van der Waals surface area contributed by atoms with Crippen molar-refractivity contribution < 1.29 is 4.74 Å². The zero-order valence-electron chi connectivity index (χ0n) is 12.8. The molecule has 1 aliphatic rings. The van der Waals surface area contributed by atoms with Crippen LogP contribution in [0, 0.1) is 0 Å². The fourth-order valence-corrected chi connectivity index (χ4v) is 3.40. The molecule has 0 saturated carbocycles. The van der Waals surface area contributed by atoms with Gasteiger partial charge in [-0.05, 0) is 11.6 Å². The molecule has 0 amide bonds. The van der Waals surface area contributed by atoms with E-state index in [4.69, 9.17) is 4.74 Å². The van der Waals surface area contributed by atoms with E-state index in [2.05, 4.69) is 43.2 Å². The summed E-state index contributed by atoms with van der Waals surface area (Å²) in [6.07, 6.45) is 3.24. The normalized spacial score (nSPS) is 17.6. The number of aromatic nitrogens is 1. The molecule has 3 nitrogen and oxygen atoms in total. The van der Waals surface area contributed by atoms with Crippen molar-refractivity contribution in [2.24, 2.45) is 0 Å². The number of nitrogens with one attached hydrogen (secondary N) is 1. The van der Waals surface area contributed by atoms with Gasteiger partial charge in [-0.2, -0.15) is 0 Å². The Balaban J connectivity index is 1.48. The molecule has 1 aromatic heterocycles. The lowest BCUT2D eigenvalue weighted by molar-refractivity contribution is 0.227. The van der Waals surface area contributed by atoms with Crippen molar-refractivity contribution in [2.75, 3.05) is 6.54 Å². The smallest absolute Gasteiger partial charge is 0.123 e. The third-order valence-corrected chi connectivity index (χ3v) is 5.00. The van der Waals surface area contributed by atoms with Gasteiger partial charge < -0.3 is 10.1 Å². The highest BCUT2D eigenvalue weighted by Gasteiger charge is 2.22. The third-order valence-electron chi connectivity index (χ3n) is 3.58. The van der Waals surface area contributed by atoms with E-state index in [1.54, 1.807) is 11.3 Å². The number of fused-ring (bicyclic) bond motifs is 1. The highest BCUT2D eigenvalue weighted by Crippen LogP contribution is 2.28. The molecule has 2 aromatic rings. The Bertz CT molecular complexity index is 590. The van der Waals surface area contributed by atoms with Crippen LogP contribution in [0.15, 0.2) is 30.5 Å². The summed E-state index contributed by atoms with van der Waals surface area (Å²) in [4.78, 5) is 5.81. The summed E-state index contributed by atoms with van der Waals surface area (Å²) < 4.78 is 5.93. The molecule has 2 heterocycles. The maximum absolute atomic E-state index is 5.93. The summed E-state index contributed by atoms with van der Waals surface area (Å²) in [5.41, 5.74) is 1.45. The van der Waals surface area contributed by atoms with Crippen LogP contribution in [0.2, 0.25) is 0 Å². The molecule has 3 rings (SSSR count). The first-order chi connectivity index (χ1) is 10.0. The molecule has 1 N–H and O–H groups in total. The average Bonchev–Trinajstić information content (AvgIpc) is 3.03. The Morgan fingerprint density at radius 3 is 2.86 bits per heavy atom. The second-order valence-corrected chi connectivity index (χ2v) is 7.68. The molecule has 0 saturated heterocycles. The highest BCUT2D eigenvalue weighted by atomic mass is 32.1. The Morgan fingerprint density at radius 2 is 2.14 bits per heavy atom. The van der Waals surface area contributed by atoms with Crippen LogP contribution in [0.3, 0.4) is 0 Å². The van der Waals surface area contributed by atoms with Crippen molar-refractivity contribution in [1.82, 2.24) is 10.3 Å². The van der Waals surface area contributed by atoms with Crippen molar-refractivity contribution in [2.45, 2.75) is 45.3 Å². The van der Waals surface area contributed by atoms with Gasteiger partial charge in [0.15, 0.2) is 0 Å². The van der Waals surface area contributed by atoms with Crippen LogP contribution in [-0.4, -0.2) is 17.6 Å². The van der Waals surface area contributed by atoms with Crippen LogP contribution in [-0.2, 0) is 18.4 Å². The van der Waals surface area contributed by atoms with E-state index in [0.29, 0.717) is 0 Å². The summed E-state index contributed by atoms with van der Waals surface area (Å²) in [7, 11) is 0. The highest BCUT2D eigenvalue weighted by molar-refractivity contribution is 7.11. The predicted molar refractivity (Wildman–Crippen MR) is 87.1 cm³/mol. The van der Waals surface area contributed by atoms with Crippen molar-refractivity contribution >= 4 is 11.3 Å². The Labute approximate surface area is 130 Å². The van der Waals surface area contributed by atoms with Crippen molar-refractivity contribution in [3.63, 3.8) is 0 Å². The van der Waals surface area contributed by atoms with Crippen molar-refractivity contribution in [3.8, 4) is 5.75 Å². The van der Waals surface area contributed by atoms with E-state index >= 15 is 0 Å². The van der Waals surface area contributed by atoms with Gasteiger partial charge in [-0.15, -0.1) is 11.3 Å². The molecule has 112 valence electrons. The van der Waals surface area contributed by atoms with Gasteiger partial charge in [-0.3, -0.25) is 0 Å². The maximum atomic E-state index is 5.93. The van der Waals surface area contributed by atoms with Crippen LogP contribution in [0.4, 0.5) is 0 Å². The first-order valence-corrected chi connectivity index (χ1v) is 8.24. The monoisotopic (exact) mass is 302 g/mol. The second kappa shape index (κ2) is 5.78. The third kappa shape index (κ3) is 3.44. The molecule has 21 heavy (non-hydrogen) atoms. The quantitative estimate of drug-likeness (QED) is 0.938. The second-order valence-electron chi connectivity index (χ2n) is 6.56. The van der Waals surface area contributed by atoms with E-state index in [9.17, 15) is 0 Å². The summed E-state index contributed by atoms with van der Waals surface area (Å²) >= 11 is 1.80. The number of nitrogens with zero attached hydrogens (tertiary/aromatic N) is 1. The van der Waals surface area contributed by atoms with Crippen LogP contribution < -0.4 is 10.1 Å². The molecular weight excluding hydrogens is 280 g/mol. The van der Waals surface area contributed by atoms with Gasteiger partial charge >= 0.3 is 0 Å². The Kier molecular flexibility index (Phi) is 4.00. The van der Waals surface area contributed by atoms with Crippen molar-refractivity contribution in [1.29, 1.82) is 0 Å². The molecule has 0 aliphatic carbocycles. The minimum absolute atomic E-state index is 0.138. The van der Waals surface area contributed by atoms with E-state index in [0.717, 1.165) is 25.3 Å². The van der Waals surface area contributed by atoms with Crippen LogP contribution >= 0.6 is 11.3 Å². The molecule has 0 radical (unpaired) electrons. The number of hydrogen-bond donors (Lipinski definition) is 1. The topological polar surface area (TPSA) is 34.2 Å². The van der Waals surface area contributed by atoms with Crippen LogP contribution in [0.5, 0.6) is 5.75 Å². The SMILES string of the molecule is CC(C)(C)c1ncc(CNCC2Cc3ccccc3O2)s1. The lowest BCUT2D eigenvalue weighted by Gasteiger charge is -2.13. The molecule has 1 aliphatic heterocycles. The number of rotatable bonds is 4. The first kappa shape index (κ1) is 14.5. The standard InChI is InChI=1S/C17H22N2OS/c1-17(2,3)16-19-11-14(21-16)10-18-9-13-8-12-6-4-5-7-15(12)20-13/h4-7,11,13,18H,8-10H2,1-3H3.